The molecule has 1 atom stereocenters. The van der Waals surface area contributed by atoms with Crippen LogP contribution in [0.2, 0.25) is 5.02 Å². The molecule has 0 fully saturated rings. The first-order chi connectivity index (χ1) is 7.04. The van der Waals surface area contributed by atoms with Gasteiger partial charge in [0.05, 0.1) is 6.10 Å². The van der Waals surface area contributed by atoms with Gasteiger partial charge in [-0.05, 0) is 31.3 Å². The first kappa shape index (κ1) is 12.5. The normalized spacial score (nSPS) is 13.2. The third-order valence-electron chi connectivity index (χ3n) is 2.17. The minimum absolute atomic E-state index is 0.212. The minimum atomic E-state index is -0.629. The molecule has 15 heavy (non-hydrogen) atoms. The van der Waals surface area contributed by atoms with Crippen LogP contribution in [-0.2, 0) is 6.54 Å². The van der Waals surface area contributed by atoms with E-state index in [9.17, 15) is 5.11 Å². The van der Waals surface area contributed by atoms with Gasteiger partial charge in [0.15, 0.2) is 0 Å². The molecular weight excluding hydrogens is 212 g/mol. The maximum Gasteiger partial charge on any atom is 0.0912 e. The van der Waals surface area contributed by atoms with E-state index in [0.717, 1.165) is 17.7 Å². The topological polar surface area (TPSA) is 49.5 Å². The molecule has 0 saturated carbocycles. The zero-order valence-corrected chi connectivity index (χ0v) is 9.83. The molecule has 1 aromatic rings. The lowest BCUT2D eigenvalue weighted by atomic mass is 10.1. The molecule has 0 spiro atoms. The Balaban J connectivity index is 2.88. The number of aliphatic hydroxyl groups is 1. The van der Waals surface area contributed by atoms with Crippen LogP contribution in [0, 0.1) is 0 Å². The maximum absolute atomic E-state index is 9.53. The van der Waals surface area contributed by atoms with E-state index in [4.69, 9.17) is 17.3 Å². The van der Waals surface area contributed by atoms with Crippen LogP contribution in [-0.4, -0.2) is 30.6 Å². The summed E-state index contributed by atoms with van der Waals surface area (Å²) in [6, 6.07) is 5.57. The fraction of sp³-hybridized carbons (Fsp3) is 0.455. The van der Waals surface area contributed by atoms with Crippen molar-refractivity contribution < 1.29 is 5.11 Å². The van der Waals surface area contributed by atoms with Crippen molar-refractivity contribution in [3.8, 4) is 0 Å². The smallest absolute Gasteiger partial charge is 0.0912 e. The second kappa shape index (κ2) is 5.47. The third-order valence-corrected chi connectivity index (χ3v) is 2.52. The first-order valence-electron chi connectivity index (χ1n) is 4.85. The number of nitrogens with zero attached hydrogens (tertiary/aromatic N) is 1. The van der Waals surface area contributed by atoms with Gasteiger partial charge < -0.3 is 15.7 Å². The largest absolute Gasteiger partial charge is 0.387 e. The summed E-state index contributed by atoms with van der Waals surface area (Å²) < 4.78 is 0. The second-order valence-electron chi connectivity index (χ2n) is 3.84. The zero-order chi connectivity index (χ0) is 11.4. The van der Waals surface area contributed by atoms with E-state index in [2.05, 4.69) is 0 Å². The molecule has 84 valence electrons. The third kappa shape index (κ3) is 3.47. The Morgan fingerprint density at radius 3 is 2.60 bits per heavy atom. The summed E-state index contributed by atoms with van der Waals surface area (Å²) in [5.41, 5.74) is 7.19. The van der Waals surface area contributed by atoms with Crippen molar-refractivity contribution in [2.24, 2.45) is 5.73 Å². The van der Waals surface area contributed by atoms with Gasteiger partial charge in [0.1, 0.15) is 0 Å². The van der Waals surface area contributed by atoms with Gasteiger partial charge in [0, 0.05) is 18.1 Å². The van der Waals surface area contributed by atoms with Crippen molar-refractivity contribution in [1.29, 1.82) is 0 Å². The molecule has 0 bridgehead atoms. The summed E-state index contributed by atoms with van der Waals surface area (Å²) in [6.45, 7) is 1.00. The molecule has 0 radical (unpaired) electrons. The lowest BCUT2D eigenvalue weighted by Crippen LogP contribution is -2.13. The maximum atomic E-state index is 9.53. The molecule has 0 aromatic heterocycles. The highest BCUT2D eigenvalue weighted by Crippen LogP contribution is 2.22. The SMILES string of the molecule is CN(C)Cc1ccc(C(O)CN)cc1Cl. The Bertz CT molecular complexity index is 328. The van der Waals surface area contributed by atoms with Crippen molar-refractivity contribution in [1.82, 2.24) is 4.90 Å². The number of hydrogen-bond acceptors (Lipinski definition) is 3. The van der Waals surface area contributed by atoms with Gasteiger partial charge >= 0.3 is 0 Å². The number of rotatable bonds is 4. The number of benzene rings is 1. The Hall–Kier alpha value is -0.610. The minimum Gasteiger partial charge on any atom is -0.387 e. The molecule has 1 unspecified atom stereocenters. The predicted octanol–water partition coefficient (Wildman–Crippen LogP) is 1.39. The average molecular weight is 229 g/mol. The Labute approximate surface area is 95.5 Å². The molecule has 0 aliphatic heterocycles. The van der Waals surface area contributed by atoms with Gasteiger partial charge in [-0.3, -0.25) is 0 Å². The van der Waals surface area contributed by atoms with Crippen LogP contribution in [0.5, 0.6) is 0 Å². The lowest BCUT2D eigenvalue weighted by Gasteiger charge is -2.14. The van der Waals surface area contributed by atoms with Crippen LogP contribution in [0.1, 0.15) is 17.2 Å². The predicted molar refractivity (Wildman–Crippen MR) is 62.9 cm³/mol. The fourth-order valence-corrected chi connectivity index (χ4v) is 1.62. The van der Waals surface area contributed by atoms with Crippen LogP contribution in [0.15, 0.2) is 18.2 Å². The average Bonchev–Trinajstić information content (AvgIpc) is 2.19. The standard InChI is InChI=1S/C11H17ClN2O/c1-14(2)7-9-4-3-8(5-10(9)12)11(15)6-13/h3-5,11,15H,6-7,13H2,1-2H3. The molecule has 0 saturated heterocycles. The molecule has 4 heteroatoms. The summed E-state index contributed by atoms with van der Waals surface area (Å²) >= 11 is 6.10. The quantitative estimate of drug-likeness (QED) is 0.819. The van der Waals surface area contributed by atoms with E-state index >= 15 is 0 Å². The van der Waals surface area contributed by atoms with Gasteiger partial charge in [-0.25, -0.2) is 0 Å². The van der Waals surface area contributed by atoms with E-state index in [1.165, 1.54) is 0 Å². The highest BCUT2D eigenvalue weighted by molar-refractivity contribution is 6.31. The Morgan fingerprint density at radius 1 is 1.47 bits per heavy atom. The Kier molecular flexibility index (Phi) is 4.54. The van der Waals surface area contributed by atoms with E-state index < -0.39 is 6.10 Å². The Morgan fingerprint density at radius 2 is 2.13 bits per heavy atom. The highest BCUT2D eigenvalue weighted by atomic mass is 35.5. The zero-order valence-electron chi connectivity index (χ0n) is 9.07. The van der Waals surface area contributed by atoms with Crippen molar-refractivity contribution in [3.63, 3.8) is 0 Å². The van der Waals surface area contributed by atoms with E-state index in [0.29, 0.717) is 5.02 Å². The van der Waals surface area contributed by atoms with Gasteiger partial charge in [-0.2, -0.15) is 0 Å². The number of nitrogens with two attached hydrogens (primary N) is 1. The highest BCUT2D eigenvalue weighted by Gasteiger charge is 2.08. The lowest BCUT2D eigenvalue weighted by molar-refractivity contribution is 0.186. The molecule has 0 aliphatic rings. The molecule has 3 nitrogen and oxygen atoms in total. The number of hydrogen-bond donors (Lipinski definition) is 2. The van der Waals surface area contributed by atoms with E-state index in [1.807, 2.05) is 31.1 Å². The van der Waals surface area contributed by atoms with E-state index in [1.54, 1.807) is 6.07 Å². The molecule has 0 aliphatic carbocycles. The van der Waals surface area contributed by atoms with Gasteiger partial charge in [0.2, 0.25) is 0 Å². The molecule has 1 rings (SSSR count). The molecule has 0 heterocycles. The van der Waals surface area contributed by atoms with Crippen LogP contribution < -0.4 is 5.73 Å². The van der Waals surface area contributed by atoms with Gasteiger partial charge in [-0.1, -0.05) is 23.7 Å². The van der Waals surface area contributed by atoms with Crippen molar-refractivity contribution in [2.75, 3.05) is 20.6 Å². The monoisotopic (exact) mass is 228 g/mol. The van der Waals surface area contributed by atoms with Crippen LogP contribution in [0.3, 0.4) is 0 Å². The van der Waals surface area contributed by atoms with Crippen molar-refractivity contribution in [2.45, 2.75) is 12.6 Å². The van der Waals surface area contributed by atoms with Crippen LogP contribution in [0.4, 0.5) is 0 Å². The van der Waals surface area contributed by atoms with Crippen molar-refractivity contribution in [3.05, 3.63) is 34.3 Å². The summed E-state index contributed by atoms with van der Waals surface area (Å²) in [5, 5.41) is 10.2. The summed E-state index contributed by atoms with van der Waals surface area (Å²) in [4.78, 5) is 2.04. The fourth-order valence-electron chi connectivity index (χ4n) is 1.38. The second-order valence-corrected chi connectivity index (χ2v) is 4.25. The molecular formula is C11H17ClN2O. The van der Waals surface area contributed by atoms with Crippen LogP contribution in [0.25, 0.3) is 0 Å². The van der Waals surface area contributed by atoms with Crippen LogP contribution >= 0.6 is 11.6 Å². The first-order valence-corrected chi connectivity index (χ1v) is 5.23. The summed E-state index contributed by atoms with van der Waals surface area (Å²) in [6.07, 6.45) is -0.629. The molecule has 0 amide bonds. The summed E-state index contributed by atoms with van der Waals surface area (Å²) in [5.74, 6) is 0. The van der Waals surface area contributed by atoms with E-state index in [-0.39, 0.29) is 6.54 Å². The summed E-state index contributed by atoms with van der Waals surface area (Å²) in [7, 11) is 3.97. The van der Waals surface area contributed by atoms with Crippen molar-refractivity contribution >= 4 is 11.6 Å². The molecule has 3 N–H and O–H groups in total. The van der Waals surface area contributed by atoms with Gasteiger partial charge in [0.25, 0.3) is 0 Å². The molecule has 1 aromatic carbocycles. The van der Waals surface area contributed by atoms with Gasteiger partial charge in [-0.15, -0.1) is 0 Å². The number of aliphatic hydroxyl groups excluding tert-OH is 1. The number of halogens is 1.